The minimum absolute atomic E-state index is 0.258. The number of hydrogen-bond donors (Lipinski definition) is 1. The Bertz CT molecular complexity index is 91.1. The van der Waals surface area contributed by atoms with Crippen LogP contribution in [0.5, 0.6) is 0 Å². The number of hydrogen-bond acceptors (Lipinski definition) is 1. The largest absolute Gasteiger partial charge is 0.328 e. The molecule has 1 rings (SSSR count). The Morgan fingerprint density at radius 2 is 1.89 bits per heavy atom. The molecule has 0 radical (unpaired) electrons. The van der Waals surface area contributed by atoms with Crippen LogP contribution in [-0.4, -0.2) is 11.7 Å². The van der Waals surface area contributed by atoms with Gasteiger partial charge in [-0.05, 0) is 32.6 Å². The summed E-state index contributed by atoms with van der Waals surface area (Å²) in [5, 5.41) is 0. The highest BCUT2D eigenvalue weighted by Crippen LogP contribution is 2.30. The maximum absolute atomic E-state index is 13.0. The quantitative estimate of drug-likeness (QED) is 0.531. The van der Waals surface area contributed by atoms with E-state index >= 15 is 0 Å². The zero-order chi connectivity index (χ0) is 6.91. The van der Waals surface area contributed by atoms with Crippen LogP contribution in [0.25, 0.3) is 0 Å². The van der Waals surface area contributed by atoms with Crippen LogP contribution in [-0.2, 0) is 0 Å². The van der Waals surface area contributed by atoms with Gasteiger partial charge in [0.05, 0.1) is 0 Å². The number of halogens is 1. The van der Waals surface area contributed by atoms with E-state index in [1.165, 1.54) is 0 Å². The number of nitrogens with two attached hydrogens (primary N) is 1. The lowest BCUT2D eigenvalue weighted by molar-refractivity contribution is 0.121. The van der Waals surface area contributed by atoms with Crippen molar-refractivity contribution < 1.29 is 4.39 Å². The van der Waals surface area contributed by atoms with Gasteiger partial charge in [0.1, 0.15) is 5.67 Å². The van der Waals surface area contributed by atoms with Gasteiger partial charge in [0.2, 0.25) is 0 Å². The molecule has 0 aromatic heterocycles. The molecule has 0 saturated heterocycles. The van der Waals surface area contributed by atoms with Gasteiger partial charge >= 0.3 is 0 Å². The van der Waals surface area contributed by atoms with Gasteiger partial charge in [0.25, 0.3) is 0 Å². The molecule has 0 heterocycles. The Labute approximate surface area is 55.4 Å². The summed E-state index contributed by atoms with van der Waals surface area (Å²) in [7, 11) is 0. The lowest BCUT2D eigenvalue weighted by atomic mass is 9.85. The predicted molar refractivity (Wildman–Crippen MR) is 36.0 cm³/mol. The first kappa shape index (κ1) is 7.00. The fourth-order valence-corrected chi connectivity index (χ4v) is 1.24. The molecule has 0 atom stereocenters. The molecule has 0 bridgehead atoms. The standard InChI is InChI=1S/C7H14FN/c1-7(8)4-2-6(9)3-5-7/h6H,2-5,9H2,1H3. The highest BCUT2D eigenvalue weighted by molar-refractivity contribution is 4.83. The first-order chi connectivity index (χ1) is 4.10. The van der Waals surface area contributed by atoms with Crippen LogP contribution in [0.3, 0.4) is 0 Å². The van der Waals surface area contributed by atoms with Gasteiger partial charge in [-0.1, -0.05) is 0 Å². The summed E-state index contributed by atoms with van der Waals surface area (Å²) < 4.78 is 13.0. The Morgan fingerprint density at radius 3 is 2.22 bits per heavy atom. The monoisotopic (exact) mass is 131 g/mol. The fourth-order valence-electron chi connectivity index (χ4n) is 1.24. The highest BCUT2D eigenvalue weighted by Gasteiger charge is 2.28. The lowest BCUT2D eigenvalue weighted by Gasteiger charge is -2.28. The van der Waals surface area contributed by atoms with Gasteiger partial charge in [-0.2, -0.15) is 0 Å². The second-order valence-corrected chi connectivity index (χ2v) is 3.25. The Kier molecular flexibility index (Phi) is 1.75. The molecule has 1 nitrogen and oxygen atoms in total. The van der Waals surface area contributed by atoms with Gasteiger partial charge in [-0.3, -0.25) is 0 Å². The third-order valence-corrected chi connectivity index (χ3v) is 2.07. The van der Waals surface area contributed by atoms with E-state index in [1.54, 1.807) is 6.92 Å². The summed E-state index contributed by atoms with van der Waals surface area (Å²) in [5.41, 5.74) is 4.67. The van der Waals surface area contributed by atoms with Gasteiger partial charge < -0.3 is 5.73 Å². The summed E-state index contributed by atoms with van der Waals surface area (Å²) in [6.45, 7) is 1.67. The average Bonchev–Trinajstić information content (AvgIpc) is 1.78. The summed E-state index contributed by atoms with van der Waals surface area (Å²) in [4.78, 5) is 0. The van der Waals surface area contributed by atoms with Crippen LogP contribution in [0.15, 0.2) is 0 Å². The van der Waals surface area contributed by atoms with Crippen molar-refractivity contribution >= 4 is 0 Å². The fraction of sp³-hybridized carbons (Fsp3) is 1.00. The van der Waals surface area contributed by atoms with Gasteiger partial charge in [-0.25, -0.2) is 4.39 Å². The van der Waals surface area contributed by atoms with Crippen molar-refractivity contribution in [3.05, 3.63) is 0 Å². The Morgan fingerprint density at radius 1 is 1.44 bits per heavy atom. The first-order valence-corrected chi connectivity index (χ1v) is 3.55. The maximum atomic E-state index is 13.0. The van der Waals surface area contributed by atoms with E-state index in [0.29, 0.717) is 12.8 Å². The Hall–Kier alpha value is -0.110. The predicted octanol–water partition coefficient (Wildman–Crippen LogP) is 1.62. The summed E-state index contributed by atoms with van der Waals surface area (Å²) in [6, 6.07) is 0.258. The molecule has 0 aromatic carbocycles. The first-order valence-electron chi connectivity index (χ1n) is 3.55. The van der Waals surface area contributed by atoms with Crippen molar-refractivity contribution in [2.24, 2.45) is 5.73 Å². The summed E-state index contributed by atoms with van der Waals surface area (Å²) in [6.07, 6.45) is 3.00. The molecule has 0 spiro atoms. The second-order valence-electron chi connectivity index (χ2n) is 3.25. The molecule has 9 heavy (non-hydrogen) atoms. The molecule has 54 valence electrons. The van der Waals surface area contributed by atoms with E-state index in [0.717, 1.165) is 12.8 Å². The van der Waals surface area contributed by atoms with Crippen LogP contribution in [0, 0.1) is 0 Å². The molecule has 0 unspecified atom stereocenters. The summed E-state index contributed by atoms with van der Waals surface area (Å²) >= 11 is 0. The molecule has 2 heteroatoms. The van der Waals surface area contributed by atoms with Crippen molar-refractivity contribution in [2.45, 2.75) is 44.3 Å². The van der Waals surface area contributed by atoms with Gasteiger partial charge in [0, 0.05) is 6.04 Å². The van der Waals surface area contributed by atoms with E-state index in [4.69, 9.17) is 5.73 Å². The normalized spacial score (nSPS) is 45.0. The van der Waals surface area contributed by atoms with E-state index in [2.05, 4.69) is 0 Å². The highest BCUT2D eigenvalue weighted by atomic mass is 19.1. The van der Waals surface area contributed by atoms with Gasteiger partial charge in [0.15, 0.2) is 0 Å². The maximum Gasteiger partial charge on any atom is 0.108 e. The van der Waals surface area contributed by atoms with E-state index in [-0.39, 0.29) is 6.04 Å². The number of alkyl halides is 1. The molecule has 1 fully saturated rings. The molecule has 1 aliphatic carbocycles. The van der Waals surface area contributed by atoms with Crippen LogP contribution in [0.4, 0.5) is 4.39 Å². The Balaban J connectivity index is 2.35. The minimum atomic E-state index is -0.921. The SMILES string of the molecule is CC1(F)CCC(N)CC1. The van der Waals surface area contributed by atoms with Crippen LogP contribution >= 0.6 is 0 Å². The van der Waals surface area contributed by atoms with Crippen molar-refractivity contribution in [1.29, 1.82) is 0 Å². The van der Waals surface area contributed by atoms with Crippen molar-refractivity contribution in [1.82, 2.24) is 0 Å². The molecule has 0 aliphatic heterocycles. The topological polar surface area (TPSA) is 26.0 Å². The third-order valence-electron chi connectivity index (χ3n) is 2.07. The van der Waals surface area contributed by atoms with Gasteiger partial charge in [-0.15, -0.1) is 0 Å². The lowest BCUT2D eigenvalue weighted by Crippen LogP contribution is -2.33. The molecule has 1 aliphatic rings. The zero-order valence-electron chi connectivity index (χ0n) is 5.86. The second kappa shape index (κ2) is 2.25. The van der Waals surface area contributed by atoms with E-state index < -0.39 is 5.67 Å². The molecular weight excluding hydrogens is 117 g/mol. The summed E-state index contributed by atoms with van der Waals surface area (Å²) in [5.74, 6) is 0. The van der Waals surface area contributed by atoms with Crippen LogP contribution in [0.1, 0.15) is 32.6 Å². The smallest absolute Gasteiger partial charge is 0.108 e. The van der Waals surface area contributed by atoms with Crippen molar-refractivity contribution in [2.75, 3.05) is 0 Å². The van der Waals surface area contributed by atoms with Crippen molar-refractivity contribution in [3.8, 4) is 0 Å². The molecule has 2 N–H and O–H groups in total. The van der Waals surface area contributed by atoms with Crippen molar-refractivity contribution in [3.63, 3.8) is 0 Å². The molecular formula is C7H14FN. The molecule has 1 saturated carbocycles. The zero-order valence-corrected chi connectivity index (χ0v) is 5.86. The van der Waals surface area contributed by atoms with E-state index in [9.17, 15) is 4.39 Å². The van der Waals surface area contributed by atoms with Crippen LogP contribution in [0.2, 0.25) is 0 Å². The third kappa shape index (κ3) is 1.94. The van der Waals surface area contributed by atoms with E-state index in [1.807, 2.05) is 0 Å². The average molecular weight is 131 g/mol. The minimum Gasteiger partial charge on any atom is -0.328 e. The van der Waals surface area contributed by atoms with Crippen LogP contribution < -0.4 is 5.73 Å². The molecule has 0 amide bonds. The number of rotatable bonds is 0. The molecule has 0 aromatic rings.